The highest BCUT2D eigenvalue weighted by Gasteiger charge is 2.04. The summed E-state index contributed by atoms with van der Waals surface area (Å²) in [6, 6.07) is 18.5. The van der Waals surface area contributed by atoms with E-state index in [0.717, 1.165) is 27.8 Å². The molecule has 3 rings (SSSR count). The molecule has 3 aromatic rings. The van der Waals surface area contributed by atoms with Gasteiger partial charge >= 0.3 is 5.97 Å². The first-order chi connectivity index (χ1) is 12.1. The molecule has 0 saturated carbocycles. The Morgan fingerprint density at radius 2 is 1.76 bits per heavy atom. The molecule has 0 fully saturated rings. The monoisotopic (exact) mass is 334 g/mol. The molecule has 0 amide bonds. The number of aromatic carboxylic acids is 1. The van der Waals surface area contributed by atoms with Crippen LogP contribution in [0.1, 0.15) is 22.8 Å². The Labute approximate surface area is 145 Å². The van der Waals surface area contributed by atoms with E-state index in [2.05, 4.69) is 16.6 Å². The predicted octanol–water partition coefficient (Wildman–Crippen LogP) is 4.38. The third kappa shape index (κ3) is 3.77. The number of hydrogen-bond acceptors (Lipinski definition) is 4. The number of carbonyl (C=O) groups is 1. The summed E-state index contributed by atoms with van der Waals surface area (Å²) in [4.78, 5) is 11.0. The Kier molecular flexibility index (Phi) is 4.66. The first-order valence-electron chi connectivity index (χ1n) is 7.78. The maximum atomic E-state index is 11.0. The number of rotatable bonds is 5. The fraction of sp³-hybridized carbons (Fsp3) is 0.100. The van der Waals surface area contributed by atoms with Gasteiger partial charge in [-0.3, -0.25) is 5.43 Å². The Bertz CT molecular complexity index is 964. The number of benzene rings is 3. The van der Waals surface area contributed by atoms with Crippen molar-refractivity contribution in [1.29, 1.82) is 0 Å². The average molecular weight is 334 g/mol. The lowest BCUT2D eigenvalue weighted by molar-refractivity contribution is 0.0697. The zero-order chi connectivity index (χ0) is 17.8. The molecule has 5 heteroatoms. The van der Waals surface area contributed by atoms with Crippen molar-refractivity contribution in [2.75, 3.05) is 12.5 Å². The highest BCUT2D eigenvalue weighted by molar-refractivity contribution is 6.02. The molecule has 0 spiro atoms. The molecule has 0 aliphatic rings. The fourth-order valence-corrected chi connectivity index (χ4v) is 2.51. The topological polar surface area (TPSA) is 70.9 Å². The summed E-state index contributed by atoms with van der Waals surface area (Å²) in [5, 5.41) is 15.6. The molecule has 0 bridgehead atoms. The highest BCUT2D eigenvalue weighted by atomic mass is 16.5. The minimum absolute atomic E-state index is 0.220. The zero-order valence-corrected chi connectivity index (χ0v) is 14.0. The van der Waals surface area contributed by atoms with Crippen LogP contribution in [0.2, 0.25) is 0 Å². The largest absolute Gasteiger partial charge is 0.497 e. The first kappa shape index (κ1) is 16.5. The van der Waals surface area contributed by atoms with Gasteiger partial charge in [0.2, 0.25) is 0 Å². The molecule has 0 unspecified atom stereocenters. The van der Waals surface area contributed by atoms with E-state index >= 15 is 0 Å². The van der Waals surface area contributed by atoms with Crippen LogP contribution in [-0.4, -0.2) is 23.9 Å². The summed E-state index contributed by atoms with van der Waals surface area (Å²) in [5.41, 5.74) is 5.55. The van der Waals surface area contributed by atoms with Crippen molar-refractivity contribution in [3.8, 4) is 5.75 Å². The third-order valence-electron chi connectivity index (χ3n) is 3.93. The standard InChI is InChI=1S/C20H18N2O3/c1-13(21-22-18-5-3-4-17(11-18)20(23)24)14-6-7-16-12-19(25-2)9-8-15(16)10-14/h3-12,22H,1-2H3,(H,23,24). The van der Waals surface area contributed by atoms with Crippen LogP contribution in [0.25, 0.3) is 10.8 Å². The number of nitrogens with one attached hydrogen (secondary N) is 1. The summed E-state index contributed by atoms with van der Waals surface area (Å²) in [6.07, 6.45) is 0. The van der Waals surface area contributed by atoms with Crippen molar-refractivity contribution >= 4 is 28.1 Å². The lowest BCUT2D eigenvalue weighted by Gasteiger charge is -2.07. The van der Waals surface area contributed by atoms with Crippen LogP contribution in [-0.2, 0) is 0 Å². The quantitative estimate of drug-likeness (QED) is 0.536. The number of hydrazone groups is 1. The lowest BCUT2D eigenvalue weighted by atomic mass is 10.0. The second-order valence-electron chi connectivity index (χ2n) is 5.62. The molecule has 0 aromatic heterocycles. The SMILES string of the molecule is COc1ccc2cc(C(C)=NNc3cccc(C(=O)O)c3)ccc2c1. The number of carboxylic acid groups (broad SMARTS) is 1. The van der Waals surface area contributed by atoms with Gasteiger partial charge in [0.25, 0.3) is 0 Å². The molecule has 0 atom stereocenters. The number of carboxylic acids is 1. The van der Waals surface area contributed by atoms with Gasteiger partial charge in [0.05, 0.1) is 24.1 Å². The number of methoxy groups -OCH3 is 1. The molecule has 0 heterocycles. The maximum Gasteiger partial charge on any atom is 0.335 e. The van der Waals surface area contributed by atoms with Gasteiger partial charge in [-0.2, -0.15) is 5.10 Å². The Balaban J connectivity index is 1.83. The summed E-state index contributed by atoms with van der Waals surface area (Å²) in [7, 11) is 1.65. The number of nitrogens with zero attached hydrogens (tertiary/aromatic N) is 1. The number of hydrogen-bond donors (Lipinski definition) is 2. The fourth-order valence-electron chi connectivity index (χ4n) is 2.51. The summed E-state index contributed by atoms with van der Waals surface area (Å²) < 4.78 is 5.24. The third-order valence-corrected chi connectivity index (χ3v) is 3.93. The smallest absolute Gasteiger partial charge is 0.335 e. The number of anilines is 1. The van der Waals surface area contributed by atoms with Crippen molar-refractivity contribution in [2.45, 2.75) is 6.92 Å². The van der Waals surface area contributed by atoms with Crippen LogP contribution in [0, 0.1) is 0 Å². The second kappa shape index (κ2) is 7.05. The molecule has 0 aliphatic carbocycles. The molecule has 126 valence electrons. The van der Waals surface area contributed by atoms with Crippen LogP contribution < -0.4 is 10.2 Å². The molecule has 2 N–H and O–H groups in total. The van der Waals surface area contributed by atoms with E-state index in [4.69, 9.17) is 9.84 Å². The summed E-state index contributed by atoms with van der Waals surface area (Å²) >= 11 is 0. The minimum Gasteiger partial charge on any atom is -0.497 e. The van der Waals surface area contributed by atoms with Crippen molar-refractivity contribution in [3.05, 3.63) is 71.8 Å². The average Bonchev–Trinajstić information content (AvgIpc) is 2.65. The van der Waals surface area contributed by atoms with Crippen LogP contribution in [0.15, 0.2) is 65.8 Å². The Hall–Kier alpha value is -3.34. The highest BCUT2D eigenvalue weighted by Crippen LogP contribution is 2.22. The number of ether oxygens (including phenoxy) is 1. The van der Waals surface area contributed by atoms with Gasteiger partial charge in [-0.05, 0) is 59.7 Å². The molecule has 0 aliphatic heterocycles. The molecule has 5 nitrogen and oxygen atoms in total. The van der Waals surface area contributed by atoms with Gasteiger partial charge in [0.15, 0.2) is 0 Å². The first-order valence-corrected chi connectivity index (χ1v) is 7.78. The van der Waals surface area contributed by atoms with Gasteiger partial charge in [-0.25, -0.2) is 4.79 Å². The van der Waals surface area contributed by atoms with Crippen molar-refractivity contribution in [2.24, 2.45) is 5.10 Å². The Morgan fingerprint density at radius 1 is 1.00 bits per heavy atom. The van der Waals surface area contributed by atoms with Gasteiger partial charge in [-0.1, -0.05) is 24.3 Å². The van der Waals surface area contributed by atoms with Crippen LogP contribution in [0.4, 0.5) is 5.69 Å². The van der Waals surface area contributed by atoms with E-state index < -0.39 is 5.97 Å². The lowest BCUT2D eigenvalue weighted by Crippen LogP contribution is -2.01. The molecular formula is C20H18N2O3. The molecule has 0 saturated heterocycles. The van der Waals surface area contributed by atoms with E-state index in [1.165, 1.54) is 0 Å². The van der Waals surface area contributed by atoms with Gasteiger partial charge in [-0.15, -0.1) is 0 Å². The van der Waals surface area contributed by atoms with Crippen molar-refractivity contribution < 1.29 is 14.6 Å². The van der Waals surface area contributed by atoms with E-state index in [1.807, 2.05) is 37.3 Å². The normalized spacial score (nSPS) is 11.4. The molecular weight excluding hydrogens is 316 g/mol. The van der Waals surface area contributed by atoms with E-state index in [9.17, 15) is 4.79 Å². The van der Waals surface area contributed by atoms with Gasteiger partial charge in [0.1, 0.15) is 5.75 Å². The number of fused-ring (bicyclic) bond motifs is 1. The Morgan fingerprint density at radius 3 is 2.52 bits per heavy atom. The zero-order valence-electron chi connectivity index (χ0n) is 14.0. The van der Waals surface area contributed by atoms with Crippen LogP contribution >= 0.6 is 0 Å². The predicted molar refractivity (Wildman–Crippen MR) is 99.7 cm³/mol. The molecule has 25 heavy (non-hydrogen) atoms. The van der Waals surface area contributed by atoms with Crippen LogP contribution in [0.3, 0.4) is 0 Å². The van der Waals surface area contributed by atoms with Gasteiger partial charge in [0, 0.05) is 0 Å². The summed E-state index contributed by atoms with van der Waals surface area (Å²) in [5.74, 6) is -0.139. The molecule has 3 aromatic carbocycles. The van der Waals surface area contributed by atoms with Crippen molar-refractivity contribution in [3.63, 3.8) is 0 Å². The maximum absolute atomic E-state index is 11.0. The van der Waals surface area contributed by atoms with E-state index in [0.29, 0.717) is 5.69 Å². The van der Waals surface area contributed by atoms with Crippen LogP contribution in [0.5, 0.6) is 5.75 Å². The minimum atomic E-state index is -0.964. The molecule has 0 radical (unpaired) electrons. The summed E-state index contributed by atoms with van der Waals surface area (Å²) in [6.45, 7) is 1.90. The van der Waals surface area contributed by atoms with Gasteiger partial charge < -0.3 is 9.84 Å². The van der Waals surface area contributed by atoms with E-state index in [-0.39, 0.29) is 5.56 Å². The second-order valence-corrected chi connectivity index (χ2v) is 5.62. The van der Waals surface area contributed by atoms with Crippen molar-refractivity contribution in [1.82, 2.24) is 0 Å². The van der Waals surface area contributed by atoms with E-state index in [1.54, 1.807) is 31.4 Å².